The summed E-state index contributed by atoms with van der Waals surface area (Å²) >= 11 is 0. The third-order valence-electron chi connectivity index (χ3n) is 8.61. The van der Waals surface area contributed by atoms with Crippen LogP contribution in [0.25, 0.3) is 0 Å². The number of ketones is 1. The minimum absolute atomic E-state index is 0.00913. The smallest absolute Gasteiger partial charge is 0.139 e. The molecular weight excluding hydrogens is 304 g/mol. The van der Waals surface area contributed by atoms with Gasteiger partial charge >= 0.3 is 0 Å². The van der Waals surface area contributed by atoms with Gasteiger partial charge < -0.3 is 14.9 Å². The Bertz CT molecular complexity index is 534. The molecule has 4 nitrogen and oxygen atoms in total. The first-order valence-corrected chi connectivity index (χ1v) is 9.73. The molecule has 4 aliphatic rings. The number of methoxy groups -OCH3 is 1. The van der Waals surface area contributed by atoms with E-state index in [9.17, 15) is 15.0 Å². The number of aliphatic hydroxyl groups is 2. The third-order valence-corrected chi connectivity index (χ3v) is 8.61. The van der Waals surface area contributed by atoms with Crippen molar-refractivity contribution < 1.29 is 19.7 Å². The van der Waals surface area contributed by atoms with Crippen LogP contribution >= 0.6 is 0 Å². The minimum Gasteiger partial charge on any atom is -0.393 e. The lowest BCUT2D eigenvalue weighted by molar-refractivity contribution is -0.196. The normalized spacial score (nSPS) is 57.2. The van der Waals surface area contributed by atoms with E-state index in [2.05, 4.69) is 13.8 Å². The van der Waals surface area contributed by atoms with E-state index in [0.717, 1.165) is 32.1 Å². The van der Waals surface area contributed by atoms with Gasteiger partial charge in [-0.3, -0.25) is 4.79 Å². The fourth-order valence-corrected chi connectivity index (χ4v) is 7.39. The number of Topliss-reactive ketones (excluding diaryl/α,β-unsaturated/α-hetero) is 1. The summed E-state index contributed by atoms with van der Waals surface area (Å²) in [5.41, 5.74) is -0.298. The highest BCUT2D eigenvalue weighted by atomic mass is 16.5. The van der Waals surface area contributed by atoms with Crippen molar-refractivity contribution in [2.75, 3.05) is 7.11 Å². The first-order chi connectivity index (χ1) is 11.3. The van der Waals surface area contributed by atoms with E-state index in [-0.39, 0.29) is 29.0 Å². The standard InChI is InChI=1S/C20H32O4/c1-19-10-16(24-3)14(21)8-11(19)4-5-12-13-6-7-17(23)20(13,2)9-15(22)18(12)19/h11-16,18,21-22H,4-10H2,1-3H3/t11-,12-,13-,14-,15-,16-,18+,19-,20-/m0/s1. The van der Waals surface area contributed by atoms with Crippen LogP contribution in [0.2, 0.25) is 0 Å². The van der Waals surface area contributed by atoms with E-state index < -0.39 is 6.10 Å². The molecular formula is C20H32O4. The SMILES string of the molecule is CO[C@H]1C[C@@]2(C)[C@@H](CC[C@@H]3[C@@H]2[C@@H](O)C[C@]2(C)C(=O)CC[C@@H]32)C[C@@H]1O. The number of carbonyl (C=O) groups excluding carboxylic acids is 1. The van der Waals surface area contributed by atoms with Crippen LogP contribution in [-0.2, 0) is 9.53 Å². The molecule has 0 aromatic carbocycles. The Morgan fingerprint density at radius 3 is 2.54 bits per heavy atom. The number of hydrogen-bond acceptors (Lipinski definition) is 4. The van der Waals surface area contributed by atoms with Gasteiger partial charge in [0.05, 0.1) is 18.3 Å². The monoisotopic (exact) mass is 336 g/mol. The van der Waals surface area contributed by atoms with Crippen molar-refractivity contribution in [3.63, 3.8) is 0 Å². The Balaban J connectivity index is 1.69. The lowest BCUT2D eigenvalue weighted by Crippen LogP contribution is -2.61. The average Bonchev–Trinajstić information content (AvgIpc) is 2.82. The van der Waals surface area contributed by atoms with Crippen molar-refractivity contribution in [3.05, 3.63) is 0 Å². The van der Waals surface area contributed by atoms with Crippen molar-refractivity contribution >= 4 is 5.78 Å². The highest BCUT2D eigenvalue weighted by Crippen LogP contribution is 2.65. The second-order valence-corrected chi connectivity index (χ2v) is 9.51. The van der Waals surface area contributed by atoms with E-state index in [0.29, 0.717) is 36.4 Å². The molecule has 4 aliphatic carbocycles. The highest BCUT2D eigenvalue weighted by Gasteiger charge is 2.63. The molecule has 0 radical (unpaired) electrons. The molecule has 0 aromatic rings. The zero-order valence-corrected chi connectivity index (χ0v) is 15.2. The van der Waals surface area contributed by atoms with Gasteiger partial charge in [0, 0.05) is 18.9 Å². The van der Waals surface area contributed by atoms with Crippen LogP contribution in [0.5, 0.6) is 0 Å². The Morgan fingerprint density at radius 1 is 1.08 bits per heavy atom. The Kier molecular flexibility index (Phi) is 3.91. The summed E-state index contributed by atoms with van der Waals surface area (Å²) in [5, 5.41) is 21.5. The molecule has 4 fully saturated rings. The molecule has 4 rings (SSSR count). The number of aliphatic hydroxyl groups excluding tert-OH is 2. The zero-order chi connectivity index (χ0) is 17.3. The van der Waals surface area contributed by atoms with Crippen LogP contribution in [-0.4, -0.2) is 41.4 Å². The number of hydrogen-bond donors (Lipinski definition) is 2. The Labute approximate surface area is 145 Å². The van der Waals surface area contributed by atoms with E-state index in [1.165, 1.54) is 0 Å². The predicted octanol–water partition coefficient (Wildman–Crippen LogP) is 2.55. The van der Waals surface area contributed by atoms with Crippen LogP contribution in [0.4, 0.5) is 0 Å². The lowest BCUT2D eigenvalue weighted by Gasteiger charge is -2.62. The third kappa shape index (κ3) is 2.12. The summed E-state index contributed by atoms with van der Waals surface area (Å²) in [7, 11) is 1.68. The lowest BCUT2D eigenvalue weighted by atomic mass is 9.44. The first kappa shape index (κ1) is 17.0. The Hall–Kier alpha value is -0.450. The van der Waals surface area contributed by atoms with Gasteiger partial charge in [-0.2, -0.15) is 0 Å². The fraction of sp³-hybridized carbons (Fsp3) is 0.950. The maximum absolute atomic E-state index is 12.5. The van der Waals surface area contributed by atoms with Crippen molar-refractivity contribution in [2.24, 2.45) is 34.5 Å². The van der Waals surface area contributed by atoms with Crippen molar-refractivity contribution in [1.29, 1.82) is 0 Å². The largest absolute Gasteiger partial charge is 0.393 e. The molecule has 0 amide bonds. The summed E-state index contributed by atoms with van der Waals surface area (Å²) in [5.74, 6) is 1.94. The molecule has 136 valence electrons. The quantitative estimate of drug-likeness (QED) is 0.772. The van der Waals surface area contributed by atoms with Crippen LogP contribution in [0.3, 0.4) is 0 Å². The minimum atomic E-state index is -0.404. The predicted molar refractivity (Wildman–Crippen MR) is 90.3 cm³/mol. The molecule has 0 unspecified atom stereocenters. The van der Waals surface area contributed by atoms with Gasteiger partial charge in [-0.25, -0.2) is 0 Å². The number of fused-ring (bicyclic) bond motifs is 5. The average molecular weight is 336 g/mol. The molecule has 9 atom stereocenters. The van der Waals surface area contributed by atoms with Gasteiger partial charge in [0.15, 0.2) is 0 Å². The van der Waals surface area contributed by atoms with Gasteiger partial charge in [-0.1, -0.05) is 13.8 Å². The van der Waals surface area contributed by atoms with Gasteiger partial charge in [-0.15, -0.1) is 0 Å². The summed E-state index contributed by atoms with van der Waals surface area (Å²) in [6, 6.07) is 0. The van der Waals surface area contributed by atoms with Crippen molar-refractivity contribution in [1.82, 2.24) is 0 Å². The van der Waals surface area contributed by atoms with E-state index in [4.69, 9.17) is 4.74 Å². The second kappa shape index (κ2) is 5.52. The summed E-state index contributed by atoms with van der Waals surface area (Å²) in [4.78, 5) is 12.5. The van der Waals surface area contributed by atoms with E-state index in [1.807, 2.05) is 0 Å². The van der Waals surface area contributed by atoms with E-state index >= 15 is 0 Å². The molecule has 0 aromatic heterocycles. The molecule has 0 saturated heterocycles. The van der Waals surface area contributed by atoms with Gasteiger partial charge in [0.2, 0.25) is 0 Å². The molecule has 0 heterocycles. The molecule has 0 bridgehead atoms. The molecule has 4 heteroatoms. The number of rotatable bonds is 1. The number of ether oxygens (including phenoxy) is 1. The highest BCUT2D eigenvalue weighted by molar-refractivity contribution is 5.87. The molecule has 0 aliphatic heterocycles. The van der Waals surface area contributed by atoms with Crippen LogP contribution in [0, 0.1) is 34.5 Å². The molecule has 24 heavy (non-hydrogen) atoms. The Morgan fingerprint density at radius 2 is 1.83 bits per heavy atom. The van der Waals surface area contributed by atoms with Crippen LogP contribution in [0.15, 0.2) is 0 Å². The van der Waals surface area contributed by atoms with Crippen molar-refractivity contribution in [3.8, 4) is 0 Å². The fourth-order valence-electron chi connectivity index (χ4n) is 7.39. The van der Waals surface area contributed by atoms with Gasteiger partial charge in [0.1, 0.15) is 5.78 Å². The molecule has 2 N–H and O–H groups in total. The molecule has 4 saturated carbocycles. The first-order valence-electron chi connectivity index (χ1n) is 9.73. The van der Waals surface area contributed by atoms with Crippen LogP contribution in [0.1, 0.15) is 58.8 Å². The summed E-state index contributed by atoms with van der Waals surface area (Å²) in [6.45, 7) is 4.42. The molecule has 0 spiro atoms. The summed E-state index contributed by atoms with van der Waals surface area (Å²) < 4.78 is 5.57. The number of carbonyl (C=O) groups is 1. The van der Waals surface area contributed by atoms with E-state index in [1.54, 1.807) is 7.11 Å². The zero-order valence-electron chi connectivity index (χ0n) is 15.2. The van der Waals surface area contributed by atoms with Gasteiger partial charge in [0.25, 0.3) is 0 Å². The van der Waals surface area contributed by atoms with Crippen LogP contribution < -0.4 is 0 Å². The maximum Gasteiger partial charge on any atom is 0.139 e. The second-order valence-electron chi connectivity index (χ2n) is 9.51. The van der Waals surface area contributed by atoms with Crippen molar-refractivity contribution in [2.45, 2.75) is 77.1 Å². The topological polar surface area (TPSA) is 66.8 Å². The summed E-state index contributed by atoms with van der Waals surface area (Å²) in [6.07, 6.45) is 5.21. The maximum atomic E-state index is 12.5. The van der Waals surface area contributed by atoms with Gasteiger partial charge in [-0.05, 0) is 67.6 Å².